The van der Waals surface area contributed by atoms with Crippen molar-refractivity contribution >= 4 is 34.3 Å². The monoisotopic (exact) mass is 282 g/mol. The van der Waals surface area contributed by atoms with Crippen molar-refractivity contribution in [3.63, 3.8) is 0 Å². The Kier molecular flexibility index (Phi) is 4.32. The smallest absolute Gasteiger partial charge is 0.260 e. The minimum atomic E-state index is -0.0241. The summed E-state index contributed by atoms with van der Waals surface area (Å²) in [6, 6.07) is 7.57. The number of rotatable bonds is 4. The number of benzene rings is 1. The van der Waals surface area contributed by atoms with Crippen molar-refractivity contribution in [2.24, 2.45) is 5.14 Å². The van der Waals surface area contributed by atoms with Crippen LogP contribution in [-0.4, -0.2) is 10.3 Å². The molecule has 18 heavy (non-hydrogen) atoms. The highest BCUT2D eigenvalue weighted by atomic mass is 35.5. The molecule has 2 aromatic rings. The minimum absolute atomic E-state index is 0.0241. The molecule has 0 atom stereocenters. The fraction of sp³-hybridized carbons (Fsp3) is 0.308. The topological polar surface area (TPSA) is 48.0 Å². The van der Waals surface area contributed by atoms with Crippen molar-refractivity contribution in [3.05, 3.63) is 45.3 Å². The number of nitrogens with two attached hydrogens (primary N) is 1. The molecule has 1 heterocycles. The fourth-order valence-electron chi connectivity index (χ4n) is 2.09. The first-order chi connectivity index (χ1) is 8.69. The summed E-state index contributed by atoms with van der Waals surface area (Å²) in [7, 11) is 0. The van der Waals surface area contributed by atoms with Crippen molar-refractivity contribution in [1.82, 2.24) is 4.57 Å². The van der Waals surface area contributed by atoms with E-state index < -0.39 is 0 Å². The molecule has 0 aliphatic heterocycles. The van der Waals surface area contributed by atoms with Crippen LogP contribution in [0.25, 0.3) is 10.8 Å². The summed E-state index contributed by atoms with van der Waals surface area (Å²) in [6.07, 6.45) is 0.812. The highest BCUT2D eigenvalue weighted by Crippen LogP contribution is 2.21. The number of pyridine rings is 1. The first-order valence-corrected chi connectivity index (χ1v) is 7.24. The molecule has 0 bridgehead atoms. The first kappa shape index (κ1) is 13.5. The van der Waals surface area contributed by atoms with Crippen LogP contribution in [0.15, 0.2) is 29.1 Å². The average molecular weight is 283 g/mol. The van der Waals surface area contributed by atoms with Crippen LogP contribution in [0.1, 0.15) is 12.6 Å². The van der Waals surface area contributed by atoms with Crippen LogP contribution >= 0.6 is 23.5 Å². The SMILES string of the molecule is CCc1cc2cccc(Cl)c2c(=O)n1CCSN. The second kappa shape index (κ2) is 5.78. The molecule has 0 aliphatic rings. The minimum Gasteiger partial charge on any atom is -0.311 e. The van der Waals surface area contributed by atoms with Gasteiger partial charge in [-0.2, -0.15) is 0 Å². The molecular weight excluding hydrogens is 268 g/mol. The molecule has 0 saturated heterocycles. The van der Waals surface area contributed by atoms with Crippen LogP contribution in [0.3, 0.4) is 0 Å². The Balaban J connectivity index is 2.71. The van der Waals surface area contributed by atoms with Gasteiger partial charge in [0.25, 0.3) is 5.56 Å². The summed E-state index contributed by atoms with van der Waals surface area (Å²) in [5.41, 5.74) is 0.993. The molecular formula is C13H15ClN2OS. The van der Waals surface area contributed by atoms with Crippen molar-refractivity contribution in [2.75, 3.05) is 5.75 Å². The summed E-state index contributed by atoms with van der Waals surface area (Å²) >= 11 is 7.36. The molecule has 2 N–H and O–H groups in total. The van der Waals surface area contributed by atoms with Crippen LogP contribution in [0.2, 0.25) is 5.02 Å². The number of aromatic nitrogens is 1. The van der Waals surface area contributed by atoms with E-state index in [9.17, 15) is 4.79 Å². The van der Waals surface area contributed by atoms with Gasteiger partial charge in [-0.15, -0.1) is 0 Å². The standard InChI is InChI=1S/C13H15ClN2OS/c1-2-10-8-9-4-3-5-11(14)12(9)13(17)16(10)6-7-18-15/h3-5,8H,2,6-7,15H2,1H3. The van der Waals surface area contributed by atoms with Gasteiger partial charge < -0.3 is 4.57 Å². The summed E-state index contributed by atoms with van der Waals surface area (Å²) in [5, 5.41) is 7.44. The van der Waals surface area contributed by atoms with Crippen molar-refractivity contribution in [3.8, 4) is 0 Å². The summed E-state index contributed by atoms with van der Waals surface area (Å²) in [6.45, 7) is 2.65. The third-order valence-electron chi connectivity index (χ3n) is 2.97. The van der Waals surface area contributed by atoms with Gasteiger partial charge in [0.15, 0.2) is 0 Å². The van der Waals surface area contributed by atoms with Crippen molar-refractivity contribution < 1.29 is 0 Å². The third-order valence-corrected chi connectivity index (χ3v) is 3.70. The van der Waals surface area contributed by atoms with Gasteiger partial charge >= 0.3 is 0 Å². The highest BCUT2D eigenvalue weighted by Gasteiger charge is 2.10. The van der Waals surface area contributed by atoms with Crippen LogP contribution < -0.4 is 10.7 Å². The molecule has 1 aromatic carbocycles. The predicted molar refractivity (Wildman–Crippen MR) is 79.2 cm³/mol. The lowest BCUT2D eigenvalue weighted by molar-refractivity contribution is 0.695. The van der Waals surface area contributed by atoms with Crippen LogP contribution in [0, 0.1) is 0 Å². The molecule has 0 fully saturated rings. The number of hydrogen-bond acceptors (Lipinski definition) is 3. The molecule has 0 aliphatic carbocycles. The van der Waals surface area contributed by atoms with Gasteiger partial charge in [0, 0.05) is 18.0 Å². The van der Waals surface area contributed by atoms with Gasteiger partial charge in [-0.1, -0.05) is 42.6 Å². The number of halogens is 1. The molecule has 2 rings (SSSR count). The van der Waals surface area contributed by atoms with E-state index in [0.717, 1.165) is 17.5 Å². The maximum absolute atomic E-state index is 12.5. The first-order valence-electron chi connectivity index (χ1n) is 5.81. The molecule has 0 unspecified atom stereocenters. The molecule has 0 radical (unpaired) electrons. The number of hydrogen-bond donors (Lipinski definition) is 1. The van der Waals surface area contributed by atoms with E-state index in [1.165, 1.54) is 11.9 Å². The van der Waals surface area contributed by atoms with Crippen molar-refractivity contribution in [2.45, 2.75) is 19.9 Å². The van der Waals surface area contributed by atoms with Gasteiger partial charge in [0.2, 0.25) is 0 Å². The second-order valence-corrected chi connectivity index (χ2v) is 5.17. The number of aryl methyl sites for hydroxylation is 1. The summed E-state index contributed by atoms with van der Waals surface area (Å²) < 4.78 is 1.77. The van der Waals surface area contributed by atoms with Gasteiger partial charge in [-0.3, -0.25) is 9.93 Å². The molecule has 96 valence electrons. The average Bonchev–Trinajstić information content (AvgIpc) is 2.37. The lowest BCUT2D eigenvalue weighted by Crippen LogP contribution is -2.25. The van der Waals surface area contributed by atoms with E-state index >= 15 is 0 Å². The van der Waals surface area contributed by atoms with E-state index in [-0.39, 0.29) is 5.56 Å². The largest absolute Gasteiger partial charge is 0.311 e. The molecule has 3 nitrogen and oxygen atoms in total. The van der Waals surface area contributed by atoms with E-state index in [1.807, 2.05) is 25.1 Å². The van der Waals surface area contributed by atoms with E-state index in [0.29, 0.717) is 22.7 Å². The zero-order valence-electron chi connectivity index (χ0n) is 10.1. The molecule has 0 spiro atoms. The van der Waals surface area contributed by atoms with E-state index in [2.05, 4.69) is 0 Å². The Morgan fingerprint density at radius 2 is 2.22 bits per heavy atom. The van der Waals surface area contributed by atoms with Crippen molar-refractivity contribution in [1.29, 1.82) is 0 Å². The van der Waals surface area contributed by atoms with Gasteiger partial charge in [-0.05, 0) is 23.9 Å². The maximum atomic E-state index is 12.5. The zero-order valence-corrected chi connectivity index (χ0v) is 11.7. The normalized spacial score (nSPS) is 11.1. The maximum Gasteiger partial charge on any atom is 0.260 e. The highest BCUT2D eigenvalue weighted by molar-refractivity contribution is 7.97. The quantitative estimate of drug-likeness (QED) is 0.877. The van der Waals surface area contributed by atoms with Gasteiger partial charge in [0.05, 0.1) is 10.4 Å². The Bertz CT molecular complexity index is 624. The zero-order chi connectivity index (χ0) is 13.1. The van der Waals surface area contributed by atoms with Crippen LogP contribution in [0.4, 0.5) is 0 Å². The fourth-order valence-corrected chi connectivity index (χ4v) is 2.64. The van der Waals surface area contributed by atoms with E-state index in [1.54, 1.807) is 10.6 Å². The number of fused-ring (bicyclic) bond motifs is 1. The molecule has 5 heteroatoms. The third kappa shape index (κ3) is 2.41. The predicted octanol–water partition coefficient (Wildman–Crippen LogP) is 2.82. The second-order valence-electron chi connectivity index (χ2n) is 4.02. The Morgan fingerprint density at radius 1 is 1.44 bits per heavy atom. The van der Waals surface area contributed by atoms with Crippen LogP contribution in [0.5, 0.6) is 0 Å². The molecule has 0 saturated carbocycles. The van der Waals surface area contributed by atoms with E-state index in [4.69, 9.17) is 16.7 Å². The van der Waals surface area contributed by atoms with Gasteiger partial charge in [-0.25, -0.2) is 0 Å². The van der Waals surface area contributed by atoms with Crippen LogP contribution in [-0.2, 0) is 13.0 Å². The number of nitrogens with zero attached hydrogens (tertiary/aromatic N) is 1. The molecule has 0 amide bonds. The van der Waals surface area contributed by atoms with Gasteiger partial charge in [0.1, 0.15) is 0 Å². The Labute approximate surface area is 115 Å². The summed E-state index contributed by atoms with van der Waals surface area (Å²) in [4.78, 5) is 12.5. The lowest BCUT2D eigenvalue weighted by Gasteiger charge is -2.13. The Morgan fingerprint density at radius 3 is 2.89 bits per heavy atom. The molecule has 1 aromatic heterocycles. The summed E-state index contributed by atoms with van der Waals surface area (Å²) in [5.74, 6) is 0.711. The Hall–Kier alpha value is -0.970. The lowest BCUT2D eigenvalue weighted by atomic mass is 10.1.